The smallest absolute Gasteiger partial charge is 0.243 e. The Morgan fingerprint density at radius 3 is 2.55 bits per heavy atom. The first-order valence-corrected chi connectivity index (χ1v) is 13.8. The van der Waals surface area contributed by atoms with Crippen molar-refractivity contribution in [2.45, 2.75) is 40.3 Å². The lowest BCUT2D eigenvalue weighted by Gasteiger charge is -2.30. The van der Waals surface area contributed by atoms with Crippen molar-refractivity contribution in [1.82, 2.24) is 14.5 Å². The monoisotopic (exact) mass is 472 g/mol. The summed E-state index contributed by atoms with van der Waals surface area (Å²) in [7, 11) is -3.53. The second-order valence-electron chi connectivity index (χ2n) is 6.56. The van der Waals surface area contributed by atoms with Crippen molar-refractivity contribution in [3.05, 3.63) is 24.3 Å². The van der Waals surface area contributed by atoms with Crippen LogP contribution in [0.5, 0.6) is 0 Å². The normalized spacial score (nSPS) is 16.1. The summed E-state index contributed by atoms with van der Waals surface area (Å²) < 4.78 is 28.0. The van der Waals surface area contributed by atoms with E-state index >= 15 is 0 Å². The molecule has 2 heterocycles. The minimum absolute atomic E-state index is 0.116. The molecule has 0 saturated carbocycles. The molecule has 1 aromatic heterocycles. The van der Waals surface area contributed by atoms with E-state index in [1.165, 1.54) is 15.6 Å². The Balaban J connectivity index is 1.55. The summed E-state index contributed by atoms with van der Waals surface area (Å²) >= 11 is 4.57. The number of anilines is 1. The molecule has 11 heteroatoms. The van der Waals surface area contributed by atoms with Crippen LogP contribution in [0.3, 0.4) is 0 Å². The number of hydrogen-bond donors (Lipinski definition) is 1. The highest BCUT2D eigenvalue weighted by molar-refractivity contribution is 8.01. The highest BCUT2D eigenvalue weighted by atomic mass is 32.2. The Morgan fingerprint density at radius 1 is 1.24 bits per heavy atom. The van der Waals surface area contributed by atoms with Gasteiger partial charge in [0.25, 0.3) is 0 Å². The largest absolute Gasteiger partial charge is 0.300 e. The molecule has 0 aliphatic carbocycles. The van der Waals surface area contributed by atoms with E-state index in [2.05, 4.69) is 22.4 Å². The second-order valence-corrected chi connectivity index (χ2v) is 11.7. The third-order valence-corrected chi connectivity index (χ3v) is 9.42. The first-order chi connectivity index (χ1) is 13.9. The van der Waals surface area contributed by atoms with Crippen LogP contribution in [0, 0.1) is 5.92 Å². The molecule has 0 atom stereocenters. The molecule has 1 saturated heterocycles. The van der Waals surface area contributed by atoms with E-state index in [9.17, 15) is 13.2 Å². The van der Waals surface area contributed by atoms with Crippen LogP contribution in [0.1, 0.15) is 26.2 Å². The summed E-state index contributed by atoms with van der Waals surface area (Å²) in [6.07, 6.45) is 3.98. The molecular weight excluding hydrogens is 448 g/mol. The quantitative estimate of drug-likeness (QED) is 0.461. The van der Waals surface area contributed by atoms with Gasteiger partial charge in [-0.15, -0.1) is 22.0 Å². The Bertz CT molecular complexity index is 923. The fourth-order valence-electron chi connectivity index (χ4n) is 2.97. The number of piperidine rings is 1. The van der Waals surface area contributed by atoms with Crippen molar-refractivity contribution in [3.63, 3.8) is 0 Å². The van der Waals surface area contributed by atoms with E-state index in [-0.39, 0.29) is 11.8 Å². The number of thioether (sulfide) groups is 2. The maximum atomic E-state index is 12.8. The first-order valence-electron chi connectivity index (χ1n) is 9.35. The van der Waals surface area contributed by atoms with Gasteiger partial charge >= 0.3 is 0 Å². The average Bonchev–Trinajstić information content (AvgIpc) is 3.19. The van der Waals surface area contributed by atoms with Crippen molar-refractivity contribution in [2.24, 2.45) is 5.92 Å². The highest BCUT2D eigenvalue weighted by Gasteiger charge is 2.32. The summed E-state index contributed by atoms with van der Waals surface area (Å²) in [5.41, 5.74) is 0. The number of carbonyl (C=O) groups excluding carboxylic acids is 1. The Hall–Kier alpha value is -1.14. The van der Waals surface area contributed by atoms with Gasteiger partial charge in [0.1, 0.15) is 0 Å². The maximum Gasteiger partial charge on any atom is 0.243 e. The zero-order valence-electron chi connectivity index (χ0n) is 16.3. The van der Waals surface area contributed by atoms with Gasteiger partial charge in [0, 0.05) is 29.7 Å². The predicted octanol–water partition coefficient (Wildman–Crippen LogP) is 3.80. The lowest BCUT2D eigenvalue weighted by atomic mass is 9.97. The van der Waals surface area contributed by atoms with Crippen molar-refractivity contribution >= 4 is 55.9 Å². The minimum atomic E-state index is -3.53. The van der Waals surface area contributed by atoms with Gasteiger partial charge in [0.15, 0.2) is 4.34 Å². The molecule has 1 aromatic carbocycles. The highest BCUT2D eigenvalue weighted by Crippen LogP contribution is 2.28. The van der Waals surface area contributed by atoms with Crippen LogP contribution in [-0.4, -0.2) is 53.9 Å². The molecule has 2 aromatic rings. The molecule has 3 rings (SSSR count). The number of aromatic nitrogens is 2. The van der Waals surface area contributed by atoms with Crippen LogP contribution < -0.4 is 5.32 Å². The van der Waals surface area contributed by atoms with Crippen LogP contribution >= 0.6 is 34.9 Å². The van der Waals surface area contributed by atoms with E-state index in [0.29, 0.717) is 36.0 Å². The molecule has 1 aliphatic rings. The van der Waals surface area contributed by atoms with Crippen LogP contribution in [0.4, 0.5) is 5.13 Å². The standard InChI is InChI=1S/C18H24N4O3S4/c1-3-12-27-18-21-20-17(28-18)19-16(23)13-8-10-22(11-9-13)29(24,25)15-6-4-14(26-2)5-7-15/h4-7,13H,3,8-12H2,1-2H3,(H,19,20,23). The predicted molar refractivity (Wildman–Crippen MR) is 119 cm³/mol. The van der Waals surface area contributed by atoms with Crippen LogP contribution in [0.2, 0.25) is 0 Å². The summed E-state index contributed by atoms with van der Waals surface area (Å²) in [5, 5.41) is 11.4. The van der Waals surface area contributed by atoms with Gasteiger partial charge in [-0.25, -0.2) is 8.42 Å². The molecule has 0 unspecified atom stereocenters. The number of benzene rings is 1. The first kappa shape index (κ1) is 22.5. The maximum absolute atomic E-state index is 12.8. The van der Waals surface area contributed by atoms with Gasteiger partial charge in [-0.2, -0.15) is 4.31 Å². The molecule has 158 valence electrons. The third kappa shape index (κ3) is 5.72. The van der Waals surface area contributed by atoms with Crippen molar-refractivity contribution in [2.75, 3.05) is 30.4 Å². The molecular formula is C18H24N4O3S4. The number of carbonyl (C=O) groups is 1. The fraction of sp³-hybridized carbons (Fsp3) is 0.500. The zero-order chi connectivity index (χ0) is 20.9. The fourth-order valence-corrected chi connectivity index (χ4v) is 6.53. The van der Waals surface area contributed by atoms with Gasteiger partial charge < -0.3 is 5.32 Å². The number of rotatable bonds is 8. The molecule has 1 amide bonds. The van der Waals surface area contributed by atoms with E-state index in [1.807, 2.05) is 18.4 Å². The number of sulfonamides is 1. The van der Waals surface area contributed by atoms with Crippen LogP contribution in [0.15, 0.2) is 38.4 Å². The van der Waals surface area contributed by atoms with Gasteiger partial charge in [-0.05, 0) is 49.8 Å². The Morgan fingerprint density at radius 2 is 1.93 bits per heavy atom. The van der Waals surface area contributed by atoms with E-state index in [0.717, 1.165) is 21.4 Å². The lowest BCUT2D eigenvalue weighted by Crippen LogP contribution is -2.41. The second kappa shape index (κ2) is 10.3. The molecule has 0 radical (unpaired) electrons. The van der Waals surface area contributed by atoms with E-state index in [4.69, 9.17) is 0 Å². The Labute approximate surface area is 184 Å². The topological polar surface area (TPSA) is 92.3 Å². The Kier molecular flexibility index (Phi) is 7.97. The van der Waals surface area contributed by atoms with Crippen LogP contribution in [0.25, 0.3) is 0 Å². The van der Waals surface area contributed by atoms with Gasteiger partial charge in [0.05, 0.1) is 4.90 Å². The van der Waals surface area contributed by atoms with Gasteiger partial charge in [-0.3, -0.25) is 4.79 Å². The molecule has 29 heavy (non-hydrogen) atoms. The summed E-state index contributed by atoms with van der Waals surface area (Å²) in [6.45, 7) is 2.76. The number of nitrogens with one attached hydrogen (secondary N) is 1. The molecule has 1 N–H and O–H groups in total. The third-order valence-electron chi connectivity index (χ3n) is 4.59. The minimum Gasteiger partial charge on any atom is -0.300 e. The molecule has 0 spiro atoms. The van der Waals surface area contributed by atoms with E-state index in [1.54, 1.807) is 35.7 Å². The van der Waals surface area contributed by atoms with Crippen molar-refractivity contribution < 1.29 is 13.2 Å². The molecule has 1 fully saturated rings. The SMILES string of the molecule is CCCSc1nnc(NC(=O)C2CCN(S(=O)(=O)c3ccc(SC)cc3)CC2)s1. The molecule has 7 nitrogen and oxygen atoms in total. The molecule has 0 bridgehead atoms. The average molecular weight is 473 g/mol. The number of hydrogen-bond acceptors (Lipinski definition) is 8. The molecule has 1 aliphatic heterocycles. The van der Waals surface area contributed by atoms with Gasteiger partial charge in [-0.1, -0.05) is 30.0 Å². The number of amides is 1. The van der Waals surface area contributed by atoms with Crippen molar-refractivity contribution in [3.8, 4) is 0 Å². The lowest BCUT2D eigenvalue weighted by molar-refractivity contribution is -0.120. The number of nitrogens with zero attached hydrogens (tertiary/aromatic N) is 3. The van der Waals surface area contributed by atoms with Crippen molar-refractivity contribution in [1.29, 1.82) is 0 Å². The van der Waals surface area contributed by atoms with E-state index < -0.39 is 10.0 Å². The summed E-state index contributed by atoms with van der Waals surface area (Å²) in [6, 6.07) is 6.91. The van der Waals surface area contributed by atoms with Gasteiger partial charge in [0.2, 0.25) is 21.1 Å². The summed E-state index contributed by atoms with van der Waals surface area (Å²) in [4.78, 5) is 13.9. The summed E-state index contributed by atoms with van der Waals surface area (Å²) in [5.74, 6) is 0.626. The van der Waals surface area contributed by atoms with Crippen LogP contribution in [-0.2, 0) is 14.8 Å². The zero-order valence-corrected chi connectivity index (χ0v) is 19.6.